The Kier molecular flexibility index (Phi) is 5.89. The van der Waals surface area contributed by atoms with Crippen LogP contribution in [0.25, 0.3) is 0 Å². The van der Waals surface area contributed by atoms with Gasteiger partial charge in [-0.2, -0.15) is 0 Å². The monoisotopic (exact) mass is 336 g/mol. The molecule has 0 amide bonds. The molecule has 0 unspecified atom stereocenters. The van der Waals surface area contributed by atoms with E-state index in [4.69, 9.17) is 14.2 Å². The van der Waals surface area contributed by atoms with E-state index in [1.807, 2.05) is 48.5 Å². The largest absolute Gasteiger partial charge is 0.493 e. The Morgan fingerprint density at radius 3 is 2.50 bits per heavy atom. The lowest BCUT2D eigenvalue weighted by Gasteiger charge is -2.11. The molecule has 4 heteroatoms. The first kappa shape index (κ1) is 14.9. The lowest BCUT2D eigenvalue weighted by Crippen LogP contribution is -2.07. The maximum absolute atomic E-state index is 5.65. The van der Waals surface area contributed by atoms with Crippen molar-refractivity contribution in [2.45, 2.75) is 6.61 Å². The Bertz CT molecular complexity index is 529. The van der Waals surface area contributed by atoms with E-state index in [1.165, 1.54) is 0 Å². The zero-order valence-electron chi connectivity index (χ0n) is 11.3. The summed E-state index contributed by atoms with van der Waals surface area (Å²) in [5, 5.41) is 0. The van der Waals surface area contributed by atoms with Gasteiger partial charge in [0.25, 0.3) is 0 Å². The van der Waals surface area contributed by atoms with Crippen molar-refractivity contribution in [1.29, 1.82) is 0 Å². The van der Waals surface area contributed by atoms with E-state index in [9.17, 15) is 0 Å². The van der Waals surface area contributed by atoms with Gasteiger partial charge in [0.15, 0.2) is 11.5 Å². The second kappa shape index (κ2) is 7.92. The molecule has 0 radical (unpaired) electrons. The van der Waals surface area contributed by atoms with E-state index < -0.39 is 0 Å². The molecule has 0 N–H and O–H groups in total. The highest BCUT2D eigenvalue weighted by Gasteiger charge is 2.04. The van der Waals surface area contributed by atoms with Crippen molar-refractivity contribution in [2.24, 2.45) is 0 Å². The fourth-order valence-electron chi connectivity index (χ4n) is 1.74. The average Bonchev–Trinajstić information content (AvgIpc) is 2.49. The third-order valence-electron chi connectivity index (χ3n) is 2.72. The van der Waals surface area contributed by atoms with Gasteiger partial charge >= 0.3 is 0 Å². The van der Waals surface area contributed by atoms with Crippen molar-refractivity contribution < 1.29 is 14.2 Å². The maximum Gasteiger partial charge on any atom is 0.161 e. The van der Waals surface area contributed by atoms with Crippen LogP contribution in [0.2, 0.25) is 0 Å². The Balaban J connectivity index is 1.73. The van der Waals surface area contributed by atoms with Crippen LogP contribution in [0.1, 0.15) is 5.56 Å². The van der Waals surface area contributed by atoms with E-state index >= 15 is 0 Å². The minimum Gasteiger partial charge on any atom is -0.493 e. The number of benzene rings is 2. The van der Waals surface area contributed by atoms with Gasteiger partial charge in [-0.05, 0) is 23.8 Å². The Labute approximate surface area is 127 Å². The summed E-state index contributed by atoms with van der Waals surface area (Å²) in [7, 11) is 1.63. The van der Waals surface area contributed by atoms with Crippen molar-refractivity contribution in [3.05, 3.63) is 58.6 Å². The lowest BCUT2D eigenvalue weighted by molar-refractivity contribution is 0.0879. The summed E-state index contributed by atoms with van der Waals surface area (Å²) in [6.45, 7) is 1.63. The maximum atomic E-state index is 5.65. The van der Waals surface area contributed by atoms with Gasteiger partial charge in [0.05, 0.1) is 20.3 Å². The number of rotatable bonds is 7. The Morgan fingerprint density at radius 2 is 1.75 bits per heavy atom. The first-order valence-corrected chi connectivity index (χ1v) is 7.17. The third-order valence-corrected chi connectivity index (χ3v) is 3.22. The van der Waals surface area contributed by atoms with Crippen molar-refractivity contribution in [3.63, 3.8) is 0 Å². The van der Waals surface area contributed by atoms with Crippen LogP contribution >= 0.6 is 15.9 Å². The van der Waals surface area contributed by atoms with Gasteiger partial charge in [0, 0.05) is 4.47 Å². The smallest absolute Gasteiger partial charge is 0.161 e. The van der Waals surface area contributed by atoms with Gasteiger partial charge in [0.2, 0.25) is 0 Å². The third kappa shape index (κ3) is 4.54. The fraction of sp³-hybridized carbons (Fsp3) is 0.250. The molecular weight excluding hydrogens is 320 g/mol. The van der Waals surface area contributed by atoms with E-state index in [-0.39, 0.29) is 0 Å². The standard InChI is InChI=1S/C16H17BrO3/c1-18-16-11-14(17)7-8-15(16)20-10-9-19-12-13-5-3-2-4-6-13/h2-8,11H,9-10,12H2,1H3. The molecule has 2 aromatic carbocycles. The average molecular weight is 337 g/mol. The molecule has 0 spiro atoms. The molecule has 106 valence electrons. The molecule has 0 heterocycles. The van der Waals surface area contributed by atoms with Crippen LogP contribution < -0.4 is 9.47 Å². The second-order valence-electron chi connectivity index (χ2n) is 4.18. The quantitative estimate of drug-likeness (QED) is 0.714. The van der Waals surface area contributed by atoms with Gasteiger partial charge in [-0.3, -0.25) is 0 Å². The van der Waals surface area contributed by atoms with Crippen molar-refractivity contribution in [2.75, 3.05) is 20.3 Å². The number of ether oxygens (including phenoxy) is 3. The molecule has 0 atom stereocenters. The van der Waals surface area contributed by atoms with Gasteiger partial charge in [-0.1, -0.05) is 46.3 Å². The molecule has 3 nitrogen and oxygen atoms in total. The Morgan fingerprint density at radius 1 is 0.950 bits per heavy atom. The lowest BCUT2D eigenvalue weighted by atomic mass is 10.2. The zero-order valence-corrected chi connectivity index (χ0v) is 12.9. The van der Waals surface area contributed by atoms with Gasteiger partial charge in [-0.25, -0.2) is 0 Å². The molecule has 20 heavy (non-hydrogen) atoms. The van der Waals surface area contributed by atoms with Crippen LogP contribution in [0.3, 0.4) is 0 Å². The molecule has 0 aliphatic heterocycles. The molecule has 0 bridgehead atoms. The topological polar surface area (TPSA) is 27.7 Å². The van der Waals surface area contributed by atoms with E-state index in [1.54, 1.807) is 7.11 Å². The van der Waals surface area contributed by atoms with Crippen LogP contribution in [-0.4, -0.2) is 20.3 Å². The molecule has 0 aliphatic rings. The molecule has 0 aromatic heterocycles. The zero-order chi connectivity index (χ0) is 14.2. The number of hydrogen-bond donors (Lipinski definition) is 0. The summed E-state index contributed by atoms with van der Waals surface area (Å²) < 4.78 is 17.4. The molecule has 2 aromatic rings. The summed E-state index contributed by atoms with van der Waals surface area (Å²) in [6, 6.07) is 15.7. The molecule has 0 aliphatic carbocycles. The summed E-state index contributed by atoms with van der Waals surface area (Å²) in [5.74, 6) is 1.43. The summed E-state index contributed by atoms with van der Waals surface area (Å²) in [4.78, 5) is 0. The van der Waals surface area contributed by atoms with E-state index in [2.05, 4.69) is 15.9 Å². The highest BCUT2D eigenvalue weighted by Crippen LogP contribution is 2.29. The van der Waals surface area contributed by atoms with E-state index in [0.717, 1.165) is 15.8 Å². The summed E-state index contributed by atoms with van der Waals surface area (Å²) >= 11 is 3.40. The highest BCUT2D eigenvalue weighted by molar-refractivity contribution is 9.10. The van der Waals surface area contributed by atoms with Crippen LogP contribution in [-0.2, 0) is 11.3 Å². The fourth-order valence-corrected chi connectivity index (χ4v) is 2.08. The number of hydrogen-bond acceptors (Lipinski definition) is 3. The molecule has 0 saturated heterocycles. The van der Waals surface area contributed by atoms with Crippen LogP contribution in [0.5, 0.6) is 11.5 Å². The van der Waals surface area contributed by atoms with Crippen molar-refractivity contribution in [3.8, 4) is 11.5 Å². The molecule has 0 saturated carbocycles. The highest BCUT2D eigenvalue weighted by atomic mass is 79.9. The number of halogens is 1. The molecule has 2 rings (SSSR count). The SMILES string of the molecule is COc1cc(Br)ccc1OCCOCc1ccccc1. The van der Waals surface area contributed by atoms with Gasteiger partial charge in [-0.15, -0.1) is 0 Å². The van der Waals surface area contributed by atoms with Crippen molar-refractivity contribution >= 4 is 15.9 Å². The molecule has 0 fully saturated rings. The first-order valence-electron chi connectivity index (χ1n) is 6.37. The minimum atomic E-state index is 0.491. The van der Waals surface area contributed by atoms with Gasteiger partial charge < -0.3 is 14.2 Å². The summed E-state index contributed by atoms with van der Waals surface area (Å²) in [5.41, 5.74) is 1.16. The minimum absolute atomic E-state index is 0.491. The first-order chi connectivity index (χ1) is 9.79. The van der Waals surface area contributed by atoms with Crippen LogP contribution in [0.4, 0.5) is 0 Å². The predicted molar refractivity (Wildman–Crippen MR) is 82.3 cm³/mol. The molecular formula is C16H17BrO3. The van der Waals surface area contributed by atoms with E-state index in [0.29, 0.717) is 25.6 Å². The summed E-state index contributed by atoms with van der Waals surface area (Å²) in [6.07, 6.45) is 0. The van der Waals surface area contributed by atoms with Gasteiger partial charge in [0.1, 0.15) is 6.61 Å². The predicted octanol–water partition coefficient (Wildman–Crippen LogP) is 4.05. The Hall–Kier alpha value is -1.52. The second-order valence-corrected chi connectivity index (χ2v) is 5.10. The van der Waals surface area contributed by atoms with Crippen molar-refractivity contribution in [1.82, 2.24) is 0 Å². The number of methoxy groups -OCH3 is 1. The van der Waals surface area contributed by atoms with Crippen LogP contribution in [0, 0.1) is 0 Å². The van der Waals surface area contributed by atoms with Crippen LogP contribution in [0.15, 0.2) is 53.0 Å². The normalized spacial score (nSPS) is 10.3.